The molecule has 0 aromatic heterocycles. The third kappa shape index (κ3) is 2.04. The van der Waals surface area contributed by atoms with Crippen LogP contribution in [0.3, 0.4) is 0 Å². The lowest BCUT2D eigenvalue weighted by atomic mass is 10.2. The molecule has 0 aromatic rings. The van der Waals surface area contributed by atoms with E-state index in [1.165, 1.54) is 0 Å². The van der Waals surface area contributed by atoms with Crippen molar-refractivity contribution >= 4 is 21.7 Å². The summed E-state index contributed by atoms with van der Waals surface area (Å²) in [6, 6.07) is 0. The SMILES string of the molecule is O=C1/C(=C(/O)C(F)(F)F)CCC1Br. The molecule has 1 unspecified atom stereocenters. The normalized spacial score (nSPS) is 28.0. The molecule has 0 bridgehead atoms. The fraction of sp³-hybridized carbons (Fsp3) is 0.571. The van der Waals surface area contributed by atoms with Crippen LogP contribution in [0.4, 0.5) is 13.2 Å². The number of aliphatic hydroxyl groups is 1. The summed E-state index contributed by atoms with van der Waals surface area (Å²) in [6.45, 7) is 0. The van der Waals surface area contributed by atoms with E-state index in [1.807, 2.05) is 0 Å². The van der Waals surface area contributed by atoms with Gasteiger partial charge in [0.15, 0.2) is 5.78 Å². The van der Waals surface area contributed by atoms with Crippen LogP contribution in [0, 0.1) is 0 Å². The summed E-state index contributed by atoms with van der Waals surface area (Å²) >= 11 is 2.92. The number of ketones is 1. The second kappa shape index (κ2) is 3.32. The average Bonchev–Trinajstić information content (AvgIpc) is 2.30. The van der Waals surface area contributed by atoms with Crippen molar-refractivity contribution in [2.24, 2.45) is 0 Å². The summed E-state index contributed by atoms with van der Waals surface area (Å²) < 4.78 is 35.8. The van der Waals surface area contributed by atoms with Gasteiger partial charge in [-0.15, -0.1) is 0 Å². The summed E-state index contributed by atoms with van der Waals surface area (Å²) in [5.74, 6) is -2.42. The Morgan fingerprint density at radius 1 is 1.54 bits per heavy atom. The summed E-state index contributed by atoms with van der Waals surface area (Å²) in [7, 11) is 0. The lowest BCUT2D eigenvalue weighted by Gasteiger charge is -2.07. The molecule has 1 atom stereocenters. The molecule has 0 spiro atoms. The Balaban J connectivity index is 3.00. The highest BCUT2D eigenvalue weighted by atomic mass is 79.9. The number of halogens is 4. The highest BCUT2D eigenvalue weighted by Crippen LogP contribution is 2.34. The van der Waals surface area contributed by atoms with Crippen LogP contribution in [-0.2, 0) is 4.79 Å². The minimum Gasteiger partial charge on any atom is -0.504 e. The van der Waals surface area contributed by atoms with E-state index in [9.17, 15) is 18.0 Å². The molecular formula is C7H6BrF3O2. The molecule has 1 saturated carbocycles. The highest BCUT2D eigenvalue weighted by Gasteiger charge is 2.41. The quantitative estimate of drug-likeness (QED) is 0.412. The van der Waals surface area contributed by atoms with Crippen molar-refractivity contribution in [3.8, 4) is 0 Å². The van der Waals surface area contributed by atoms with Gasteiger partial charge in [-0.3, -0.25) is 4.79 Å². The van der Waals surface area contributed by atoms with E-state index < -0.39 is 28.1 Å². The van der Waals surface area contributed by atoms with E-state index in [1.54, 1.807) is 0 Å². The third-order valence-electron chi connectivity index (χ3n) is 1.78. The van der Waals surface area contributed by atoms with Crippen LogP contribution in [0.15, 0.2) is 11.3 Å². The Kier molecular flexibility index (Phi) is 2.70. The van der Waals surface area contributed by atoms with Gasteiger partial charge in [-0.2, -0.15) is 13.2 Å². The Morgan fingerprint density at radius 2 is 2.08 bits per heavy atom. The zero-order valence-electron chi connectivity index (χ0n) is 6.36. The first-order chi connectivity index (χ1) is 5.84. The number of carbonyl (C=O) groups excluding carboxylic acids is 1. The molecule has 6 heteroatoms. The van der Waals surface area contributed by atoms with Crippen molar-refractivity contribution in [2.45, 2.75) is 23.8 Å². The lowest BCUT2D eigenvalue weighted by Crippen LogP contribution is -2.17. The van der Waals surface area contributed by atoms with Gasteiger partial charge in [-0.05, 0) is 12.8 Å². The number of carbonyl (C=O) groups is 1. The largest absolute Gasteiger partial charge is 0.504 e. The fourth-order valence-corrected chi connectivity index (χ4v) is 1.63. The maximum atomic E-state index is 11.9. The molecule has 1 fully saturated rings. The predicted molar refractivity (Wildman–Crippen MR) is 42.7 cm³/mol. The molecule has 0 aliphatic heterocycles. The molecule has 0 heterocycles. The number of rotatable bonds is 0. The van der Waals surface area contributed by atoms with Gasteiger partial charge in [0.05, 0.1) is 4.83 Å². The van der Waals surface area contributed by atoms with E-state index in [0.717, 1.165) is 0 Å². The lowest BCUT2D eigenvalue weighted by molar-refractivity contribution is -0.126. The molecule has 0 radical (unpaired) electrons. The molecule has 1 rings (SSSR count). The summed E-state index contributed by atoms with van der Waals surface area (Å²) in [4.78, 5) is 10.4. The Hall–Kier alpha value is -0.520. The minimum absolute atomic E-state index is 0.0277. The fourth-order valence-electron chi connectivity index (χ4n) is 1.12. The van der Waals surface area contributed by atoms with E-state index in [0.29, 0.717) is 6.42 Å². The molecule has 0 amide bonds. The summed E-state index contributed by atoms with van der Waals surface area (Å²) in [5, 5.41) is 8.69. The Bertz CT molecular complexity index is 269. The van der Waals surface area contributed by atoms with E-state index >= 15 is 0 Å². The molecule has 0 aromatic carbocycles. The van der Waals surface area contributed by atoms with Crippen LogP contribution in [0.5, 0.6) is 0 Å². The van der Waals surface area contributed by atoms with Crippen molar-refractivity contribution in [1.29, 1.82) is 0 Å². The van der Waals surface area contributed by atoms with Gasteiger partial charge >= 0.3 is 6.18 Å². The summed E-state index contributed by atoms with van der Waals surface area (Å²) in [6.07, 6.45) is -4.55. The number of alkyl halides is 4. The van der Waals surface area contributed by atoms with E-state index in [4.69, 9.17) is 5.11 Å². The van der Waals surface area contributed by atoms with Crippen LogP contribution in [0.2, 0.25) is 0 Å². The van der Waals surface area contributed by atoms with Crippen molar-refractivity contribution < 1.29 is 23.1 Å². The molecule has 13 heavy (non-hydrogen) atoms. The molecule has 0 saturated heterocycles. The standard InChI is InChI=1S/C7H6BrF3O2/c8-4-2-1-3(5(4)12)6(13)7(9,10)11/h4,13H,1-2H2/b6-3+. The Labute approximate surface area is 80.6 Å². The molecule has 1 aliphatic carbocycles. The van der Waals surface area contributed by atoms with Gasteiger partial charge in [0, 0.05) is 5.57 Å². The maximum absolute atomic E-state index is 11.9. The first-order valence-electron chi connectivity index (χ1n) is 3.51. The van der Waals surface area contributed by atoms with Crippen LogP contribution in [0.25, 0.3) is 0 Å². The van der Waals surface area contributed by atoms with Gasteiger partial charge in [-0.25, -0.2) is 0 Å². The van der Waals surface area contributed by atoms with Crippen molar-refractivity contribution in [3.05, 3.63) is 11.3 Å². The predicted octanol–water partition coefficient (Wildman–Crippen LogP) is 2.49. The first-order valence-corrected chi connectivity index (χ1v) is 4.43. The number of allylic oxidation sites excluding steroid dienone is 2. The number of hydrogen-bond donors (Lipinski definition) is 1. The van der Waals surface area contributed by atoms with Crippen LogP contribution < -0.4 is 0 Å². The molecule has 1 aliphatic rings. The van der Waals surface area contributed by atoms with Crippen molar-refractivity contribution in [2.75, 3.05) is 0 Å². The van der Waals surface area contributed by atoms with Gasteiger partial charge < -0.3 is 5.11 Å². The smallest absolute Gasteiger partial charge is 0.449 e. The number of aliphatic hydroxyl groups excluding tert-OH is 1. The van der Waals surface area contributed by atoms with Crippen molar-refractivity contribution in [1.82, 2.24) is 0 Å². The second-order valence-corrected chi connectivity index (χ2v) is 3.80. The van der Waals surface area contributed by atoms with Gasteiger partial charge in [0.25, 0.3) is 0 Å². The zero-order chi connectivity index (χ0) is 10.2. The topological polar surface area (TPSA) is 37.3 Å². The van der Waals surface area contributed by atoms with Gasteiger partial charge in [-0.1, -0.05) is 15.9 Å². The van der Waals surface area contributed by atoms with E-state index in [2.05, 4.69) is 15.9 Å². The molecule has 74 valence electrons. The minimum atomic E-state index is -4.82. The first kappa shape index (κ1) is 10.6. The maximum Gasteiger partial charge on any atom is 0.449 e. The number of Topliss-reactive ketones (excluding diaryl/α,β-unsaturated/α-hetero) is 1. The average molecular weight is 259 g/mol. The number of hydrogen-bond acceptors (Lipinski definition) is 2. The molecule has 1 N–H and O–H groups in total. The monoisotopic (exact) mass is 258 g/mol. The van der Waals surface area contributed by atoms with Crippen molar-refractivity contribution in [3.63, 3.8) is 0 Å². The molecular weight excluding hydrogens is 253 g/mol. The molecule has 2 nitrogen and oxygen atoms in total. The Morgan fingerprint density at radius 3 is 2.38 bits per heavy atom. The second-order valence-electron chi connectivity index (χ2n) is 2.70. The van der Waals surface area contributed by atoms with Crippen LogP contribution >= 0.6 is 15.9 Å². The van der Waals surface area contributed by atoms with E-state index in [-0.39, 0.29) is 6.42 Å². The third-order valence-corrected chi connectivity index (χ3v) is 2.66. The highest BCUT2D eigenvalue weighted by molar-refractivity contribution is 9.10. The zero-order valence-corrected chi connectivity index (χ0v) is 7.94. The van der Waals surface area contributed by atoms with Crippen LogP contribution in [-0.4, -0.2) is 21.9 Å². The summed E-state index contributed by atoms with van der Waals surface area (Å²) in [5.41, 5.74) is -0.519. The van der Waals surface area contributed by atoms with Gasteiger partial charge in [0.2, 0.25) is 5.76 Å². The van der Waals surface area contributed by atoms with Gasteiger partial charge in [0.1, 0.15) is 0 Å². The van der Waals surface area contributed by atoms with Crippen LogP contribution in [0.1, 0.15) is 12.8 Å².